The fourth-order valence-electron chi connectivity index (χ4n) is 3.92. The van der Waals surface area contributed by atoms with Gasteiger partial charge in [-0.05, 0) is 63.8 Å². The monoisotopic (exact) mass is 444 g/mol. The molecule has 0 aliphatic carbocycles. The number of hydrogen-bond donors (Lipinski definition) is 0. The van der Waals surface area contributed by atoms with Gasteiger partial charge in [0.25, 0.3) is 0 Å². The summed E-state index contributed by atoms with van der Waals surface area (Å²) in [6.45, 7) is 13.6. The molecule has 2 aromatic rings. The Hall–Kier alpha value is -2.39. The predicted octanol–water partition coefficient (Wildman–Crippen LogP) is 6.41. The lowest BCUT2D eigenvalue weighted by molar-refractivity contribution is 0.103. The van der Waals surface area contributed by atoms with Gasteiger partial charge in [-0.1, -0.05) is 37.6 Å². The first-order chi connectivity index (χ1) is 14.6. The summed E-state index contributed by atoms with van der Waals surface area (Å²) in [5.41, 5.74) is 1.63. The molecular weight excluding hydrogens is 411 g/mol. The molecule has 0 aliphatic rings. The van der Waals surface area contributed by atoms with E-state index in [0.717, 1.165) is 16.7 Å². The van der Waals surface area contributed by atoms with Crippen molar-refractivity contribution >= 4 is 18.2 Å². The van der Waals surface area contributed by atoms with Gasteiger partial charge in [-0.3, -0.25) is 9.59 Å². The second kappa shape index (κ2) is 10.3. The molecule has 2 aromatic carbocycles. The topological polar surface area (TPSA) is 69.7 Å². The van der Waals surface area contributed by atoms with E-state index in [1.165, 1.54) is 0 Å². The molecule has 168 valence electrons. The molecule has 31 heavy (non-hydrogen) atoms. The highest BCUT2D eigenvalue weighted by atomic mass is 31.2. The minimum Gasteiger partial charge on any atom is -0.493 e. The van der Waals surface area contributed by atoms with Crippen molar-refractivity contribution in [1.82, 2.24) is 0 Å². The number of benzene rings is 2. The van der Waals surface area contributed by atoms with Gasteiger partial charge in [0, 0.05) is 11.7 Å². The first-order valence-corrected chi connectivity index (χ1v) is 12.6. The average molecular weight is 445 g/mol. The Morgan fingerprint density at radius 1 is 0.871 bits per heavy atom. The summed E-state index contributed by atoms with van der Waals surface area (Å²) in [5, 5.41) is 0. The SMILES string of the molecule is CCOc1cccc(OCC)c1C(=O)P(=O)(CC(C)C)C(=O)c1c(C)cc(C)cc1C. The van der Waals surface area contributed by atoms with Crippen LogP contribution in [0.1, 0.15) is 65.1 Å². The second-order valence-corrected chi connectivity index (χ2v) is 10.9. The van der Waals surface area contributed by atoms with Crippen LogP contribution in [0, 0.1) is 26.7 Å². The lowest BCUT2D eigenvalue weighted by Crippen LogP contribution is -2.19. The maximum absolute atomic E-state index is 14.3. The second-order valence-electron chi connectivity index (χ2n) is 8.20. The van der Waals surface area contributed by atoms with Crippen molar-refractivity contribution in [2.75, 3.05) is 19.4 Å². The molecule has 1 unspecified atom stereocenters. The third-order valence-corrected chi connectivity index (χ3v) is 7.97. The van der Waals surface area contributed by atoms with E-state index in [1.54, 1.807) is 32.0 Å². The van der Waals surface area contributed by atoms with Gasteiger partial charge in [-0.15, -0.1) is 0 Å². The quantitative estimate of drug-likeness (QED) is 0.396. The third kappa shape index (κ3) is 5.27. The summed E-state index contributed by atoms with van der Waals surface area (Å²) in [7, 11) is -4.01. The molecule has 0 radical (unpaired) electrons. The minimum absolute atomic E-state index is 0.0105. The van der Waals surface area contributed by atoms with E-state index < -0.39 is 18.2 Å². The Kier molecular flexibility index (Phi) is 8.25. The first kappa shape index (κ1) is 24.9. The maximum Gasteiger partial charge on any atom is 0.236 e. The van der Waals surface area contributed by atoms with Crippen LogP contribution in [0.4, 0.5) is 0 Å². The van der Waals surface area contributed by atoms with E-state index in [0.29, 0.717) is 18.8 Å². The van der Waals surface area contributed by atoms with Crippen LogP contribution in [0.3, 0.4) is 0 Å². The zero-order chi connectivity index (χ0) is 23.3. The summed E-state index contributed by atoms with van der Waals surface area (Å²) >= 11 is 0. The number of ether oxygens (including phenoxy) is 2. The van der Waals surface area contributed by atoms with Crippen molar-refractivity contribution in [2.24, 2.45) is 5.92 Å². The normalized spacial score (nSPS) is 13.0. The van der Waals surface area contributed by atoms with Crippen molar-refractivity contribution in [3.63, 3.8) is 0 Å². The van der Waals surface area contributed by atoms with E-state index in [1.807, 2.05) is 46.8 Å². The van der Waals surface area contributed by atoms with Crippen molar-refractivity contribution in [2.45, 2.75) is 48.5 Å². The molecule has 6 heteroatoms. The third-order valence-electron chi connectivity index (χ3n) is 4.97. The Labute approximate surface area is 185 Å². The largest absolute Gasteiger partial charge is 0.493 e. The first-order valence-electron chi connectivity index (χ1n) is 10.7. The van der Waals surface area contributed by atoms with Crippen molar-refractivity contribution in [1.29, 1.82) is 0 Å². The average Bonchev–Trinajstić information content (AvgIpc) is 2.66. The van der Waals surface area contributed by atoms with E-state index in [2.05, 4.69) is 0 Å². The number of carbonyl (C=O) groups is 2. The van der Waals surface area contributed by atoms with Crippen LogP contribution in [0.25, 0.3) is 0 Å². The molecule has 0 aliphatic heterocycles. The highest BCUT2D eigenvalue weighted by molar-refractivity contribution is 7.95. The molecule has 0 fully saturated rings. The highest BCUT2D eigenvalue weighted by Crippen LogP contribution is 2.56. The molecule has 2 rings (SSSR count). The molecular formula is C25H33O5P. The van der Waals surface area contributed by atoms with Gasteiger partial charge in [0.2, 0.25) is 18.2 Å². The molecule has 0 saturated carbocycles. The molecule has 0 heterocycles. The van der Waals surface area contributed by atoms with E-state index in [4.69, 9.17) is 9.47 Å². The van der Waals surface area contributed by atoms with Crippen molar-refractivity contribution < 1.29 is 23.6 Å². The summed E-state index contributed by atoms with van der Waals surface area (Å²) in [5.74, 6) is 0.458. The Balaban J connectivity index is 2.74. The van der Waals surface area contributed by atoms with Crippen LogP contribution < -0.4 is 9.47 Å². The van der Waals surface area contributed by atoms with Crippen LogP contribution in [0.15, 0.2) is 30.3 Å². The maximum atomic E-state index is 14.3. The fraction of sp³-hybridized carbons (Fsp3) is 0.440. The molecule has 0 N–H and O–H groups in total. The van der Waals surface area contributed by atoms with Gasteiger partial charge in [0.15, 0.2) is 0 Å². The highest BCUT2D eigenvalue weighted by Gasteiger charge is 2.44. The van der Waals surface area contributed by atoms with Gasteiger partial charge < -0.3 is 14.0 Å². The lowest BCUT2D eigenvalue weighted by atomic mass is 10.0. The van der Waals surface area contributed by atoms with Crippen LogP contribution >= 0.6 is 7.14 Å². The molecule has 1 atom stereocenters. The molecule has 0 aromatic heterocycles. The summed E-state index contributed by atoms with van der Waals surface area (Å²) in [6, 6.07) is 8.77. The number of carbonyl (C=O) groups excluding carboxylic acids is 2. The van der Waals surface area contributed by atoms with E-state index >= 15 is 0 Å². The number of aryl methyl sites for hydroxylation is 3. The molecule has 0 bridgehead atoms. The summed E-state index contributed by atoms with van der Waals surface area (Å²) in [4.78, 5) is 27.6. The predicted molar refractivity (Wildman–Crippen MR) is 125 cm³/mol. The van der Waals surface area contributed by atoms with Gasteiger partial charge in [-0.25, -0.2) is 0 Å². The Morgan fingerprint density at radius 3 is 1.74 bits per heavy atom. The van der Waals surface area contributed by atoms with Crippen LogP contribution in [-0.4, -0.2) is 30.4 Å². The van der Waals surface area contributed by atoms with Gasteiger partial charge in [-0.2, -0.15) is 0 Å². The Morgan fingerprint density at radius 2 is 1.32 bits per heavy atom. The standard InChI is InChI=1S/C25H33O5P/c1-8-29-20-11-10-12-21(30-9-2)23(20)25(27)31(28,15-16(3)4)24(26)22-18(6)13-17(5)14-19(22)7/h10-14,16H,8-9,15H2,1-7H3. The van der Waals surface area contributed by atoms with Gasteiger partial charge in [0.05, 0.1) is 13.2 Å². The van der Waals surface area contributed by atoms with Gasteiger partial charge >= 0.3 is 0 Å². The Bertz CT molecular complexity index is 975. The van der Waals surface area contributed by atoms with Crippen molar-refractivity contribution in [3.8, 4) is 11.5 Å². The molecule has 0 amide bonds. The van der Waals surface area contributed by atoms with Gasteiger partial charge in [0.1, 0.15) is 17.1 Å². The molecule has 0 spiro atoms. The van der Waals surface area contributed by atoms with Crippen LogP contribution in [0.2, 0.25) is 0 Å². The number of rotatable bonds is 10. The number of hydrogen-bond acceptors (Lipinski definition) is 5. The fourth-order valence-corrected chi connectivity index (χ4v) is 6.76. The molecule has 0 saturated heterocycles. The summed E-state index contributed by atoms with van der Waals surface area (Å²) in [6.07, 6.45) is -0.0105. The van der Waals surface area contributed by atoms with E-state index in [9.17, 15) is 14.2 Å². The van der Waals surface area contributed by atoms with E-state index in [-0.39, 0.29) is 29.1 Å². The zero-order valence-corrected chi connectivity index (χ0v) is 20.5. The summed E-state index contributed by atoms with van der Waals surface area (Å²) < 4.78 is 25.6. The van der Waals surface area contributed by atoms with Crippen LogP contribution in [-0.2, 0) is 4.57 Å². The van der Waals surface area contributed by atoms with Crippen LogP contribution in [0.5, 0.6) is 11.5 Å². The molecule has 5 nitrogen and oxygen atoms in total. The smallest absolute Gasteiger partial charge is 0.236 e. The van der Waals surface area contributed by atoms with Crippen molar-refractivity contribution in [3.05, 3.63) is 58.1 Å². The zero-order valence-electron chi connectivity index (χ0n) is 19.6. The minimum atomic E-state index is -4.01. The lowest BCUT2D eigenvalue weighted by Gasteiger charge is -2.22.